The van der Waals surface area contributed by atoms with Crippen molar-refractivity contribution in [3.63, 3.8) is 0 Å². The van der Waals surface area contributed by atoms with Gasteiger partial charge in [0.2, 0.25) is 0 Å². The molecule has 1 aliphatic carbocycles. The van der Waals surface area contributed by atoms with Crippen LogP contribution in [0.2, 0.25) is 5.02 Å². The molecule has 2 amide bonds. The summed E-state index contributed by atoms with van der Waals surface area (Å²) in [6.45, 7) is 1.19. The largest absolute Gasteiger partial charge is 0.324 e. The summed E-state index contributed by atoms with van der Waals surface area (Å²) in [6, 6.07) is 9.91. The highest BCUT2D eigenvalue weighted by molar-refractivity contribution is 6.31. The van der Waals surface area contributed by atoms with Crippen LogP contribution in [0.3, 0.4) is 0 Å². The van der Waals surface area contributed by atoms with Crippen molar-refractivity contribution >= 4 is 29.1 Å². The maximum absolute atomic E-state index is 13.7. The molecule has 0 bridgehead atoms. The van der Waals surface area contributed by atoms with E-state index < -0.39 is 6.03 Å². The second-order valence-corrected chi connectivity index (χ2v) is 7.16. The number of carbonyl (C=O) groups is 1. The first-order chi connectivity index (χ1) is 14.5. The predicted molar refractivity (Wildman–Crippen MR) is 116 cm³/mol. The molecule has 0 saturated heterocycles. The van der Waals surface area contributed by atoms with Gasteiger partial charge in [-0.1, -0.05) is 23.7 Å². The summed E-state index contributed by atoms with van der Waals surface area (Å²) in [5, 5.41) is 17.8. The summed E-state index contributed by atoms with van der Waals surface area (Å²) >= 11 is 6.34. The fourth-order valence-corrected chi connectivity index (χ4v) is 3.23. The second kappa shape index (κ2) is 10.5. The minimum Gasteiger partial charge on any atom is -0.313 e. The van der Waals surface area contributed by atoms with Crippen molar-refractivity contribution in [2.45, 2.75) is 19.3 Å². The van der Waals surface area contributed by atoms with Crippen LogP contribution in [0.1, 0.15) is 24.0 Å². The zero-order valence-electron chi connectivity index (χ0n) is 16.2. The highest BCUT2D eigenvalue weighted by atomic mass is 35.5. The van der Waals surface area contributed by atoms with Crippen LogP contribution >= 0.6 is 11.6 Å². The lowest BCUT2D eigenvalue weighted by Gasteiger charge is -2.13. The number of hydrogen-bond acceptors (Lipinski definition) is 4. The van der Waals surface area contributed by atoms with Crippen molar-refractivity contribution in [3.8, 4) is 6.07 Å². The molecule has 0 radical (unpaired) electrons. The lowest BCUT2D eigenvalue weighted by Crippen LogP contribution is -2.21. The number of anilines is 2. The highest BCUT2D eigenvalue weighted by Crippen LogP contribution is 2.22. The normalized spacial score (nSPS) is 13.1. The van der Waals surface area contributed by atoms with E-state index in [4.69, 9.17) is 16.9 Å². The summed E-state index contributed by atoms with van der Waals surface area (Å²) < 4.78 is 13.7. The van der Waals surface area contributed by atoms with E-state index in [0.29, 0.717) is 41.6 Å². The predicted octanol–water partition coefficient (Wildman–Crippen LogP) is 4.96. The molecule has 1 aliphatic rings. The van der Waals surface area contributed by atoms with Gasteiger partial charge >= 0.3 is 6.03 Å². The molecule has 2 aromatic rings. The van der Waals surface area contributed by atoms with Crippen molar-refractivity contribution in [2.75, 3.05) is 23.7 Å². The molecule has 3 rings (SSSR count). The number of hydrogen-bond donors (Lipinski definition) is 3. The number of carbonyl (C=O) groups excluding carboxylic acids is 1. The van der Waals surface area contributed by atoms with Gasteiger partial charge in [-0.2, -0.15) is 5.26 Å². The van der Waals surface area contributed by atoms with Crippen molar-refractivity contribution in [1.82, 2.24) is 10.3 Å². The Morgan fingerprint density at radius 3 is 2.83 bits per heavy atom. The zero-order valence-corrected chi connectivity index (χ0v) is 17.0. The summed E-state index contributed by atoms with van der Waals surface area (Å²) in [6.07, 6.45) is 7.05. The fraction of sp³-hybridized carbons (Fsp3) is 0.227. The summed E-state index contributed by atoms with van der Waals surface area (Å²) in [7, 11) is 0. The minimum atomic E-state index is -0.463. The van der Waals surface area contributed by atoms with E-state index in [1.165, 1.54) is 12.3 Å². The van der Waals surface area contributed by atoms with Gasteiger partial charge in [-0.25, -0.2) is 14.2 Å². The van der Waals surface area contributed by atoms with Gasteiger partial charge in [0.05, 0.1) is 5.56 Å². The molecule has 8 heteroatoms. The molecule has 6 nitrogen and oxygen atoms in total. The van der Waals surface area contributed by atoms with Crippen molar-refractivity contribution in [2.24, 2.45) is 0 Å². The number of urea groups is 1. The maximum Gasteiger partial charge on any atom is 0.324 e. The molecule has 0 aliphatic heterocycles. The smallest absolute Gasteiger partial charge is 0.313 e. The third kappa shape index (κ3) is 6.14. The zero-order chi connectivity index (χ0) is 21.3. The summed E-state index contributed by atoms with van der Waals surface area (Å²) in [5.41, 5.74) is 2.69. The van der Waals surface area contributed by atoms with E-state index in [1.54, 1.807) is 24.3 Å². The number of amides is 2. The van der Waals surface area contributed by atoms with E-state index in [2.05, 4.69) is 20.9 Å². The molecule has 154 valence electrons. The van der Waals surface area contributed by atoms with Crippen LogP contribution in [0.5, 0.6) is 0 Å². The average molecular weight is 426 g/mol. The van der Waals surface area contributed by atoms with Crippen LogP contribution in [-0.2, 0) is 6.42 Å². The Morgan fingerprint density at radius 1 is 1.27 bits per heavy atom. The Labute approximate surface area is 179 Å². The van der Waals surface area contributed by atoms with Gasteiger partial charge in [-0.15, -0.1) is 0 Å². The summed E-state index contributed by atoms with van der Waals surface area (Å²) in [4.78, 5) is 16.1. The molecular weight excluding hydrogens is 405 g/mol. The molecule has 3 N–H and O–H groups in total. The van der Waals surface area contributed by atoms with Crippen molar-refractivity contribution in [3.05, 3.63) is 76.2 Å². The summed E-state index contributed by atoms with van der Waals surface area (Å²) in [5.74, 6) is 0.192. The molecule has 1 aromatic carbocycles. The third-order valence-electron chi connectivity index (χ3n) is 4.57. The third-order valence-corrected chi connectivity index (χ3v) is 4.92. The molecule has 0 atom stereocenters. The van der Waals surface area contributed by atoms with Crippen LogP contribution in [0.25, 0.3) is 0 Å². The Bertz CT molecular complexity index is 1010. The number of nitriles is 1. The first kappa shape index (κ1) is 21.5. The Hall–Kier alpha value is -3.21. The Kier molecular flexibility index (Phi) is 7.55. The van der Waals surface area contributed by atoms with E-state index in [9.17, 15) is 9.18 Å². The molecule has 30 heavy (non-hydrogen) atoms. The van der Waals surface area contributed by atoms with Gasteiger partial charge in [-0.3, -0.25) is 5.32 Å². The molecule has 0 fully saturated rings. The lowest BCUT2D eigenvalue weighted by molar-refractivity contribution is 0.262. The van der Waals surface area contributed by atoms with E-state index in [1.807, 2.05) is 18.2 Å². The SMILES string of the molecule is N#Cc1ccc(NC(=O)Nc2ccc(CCNCC3=C(F)C=CCC3)c(Cl)c2)nc1. The first-order valence-electron chi connectivity index (χ1n) is 9.52. The second-order valence-electron chi connectivity index (χ2n) is 6.75. The first-order valence-corrected chi connectivity index (χ1v) is 9.90. The minimum absolute atomic E-state index is 0.142. The average Bonchev–Trinajstić information content (AvgIpc) is 2.74. The molecule has 1 heterocycles. The van der Waals surface area contributed by atoms with E-state index in [-0.39, 0.29) is 5.83 Å². The van der Waals surface area contributed by atoms with Gasteiger partial charge in [0.1, 0.15) is 17.7 Å². The molecule has 0 saturated carbocycles. The maximum atomic E-state index is 13.7. The van der Waals surface area contributed by atoms with Crippen LogP contribution < -0.4 is 16.0 Å². The quantitative estimate of drug-likeness (QED) is 0.547. The van der Waals surface area contributed by atoms with Crippen molar-refractivity contribution < 1.29 is 9.18 Å². The van der Waals surface area contributed by atoms with Gasteiger partial charge in [0, 0.05) is 23.5 Å². The van der Waals surface area contributed by atoms with Crippen LogP contribution in [0.15, 0.2) is 60.1 Å². The van der Waals surface area contributed by atoms with Crippen LogP contribution in [0, 0.1) is 11.3 Å². The number of rotatable bonds is 7. The standard InChI is InChI=1S/C22H21ClFN5O/c23-19-11-18(28-22(30)29-21-8-5-15(12-25)13-27-21)7-6-16(19)9-10-26-14-17-3-1-2-4-20(17)24/h2,4-8,11,13,26H,1,3,9-10,14H2,(H2,27,28,29,30). The van der Waals surface area contributed by atoms with Crippen molar-refractivity contribution in [1.29, 1.82) is 5.26 Å². The molecular formula is C22H21ClFN5O. The fourth-order valence-electron chi connectivity index (χ4n) is 2.96. The number of nitrogens with zero attached hydrogens (tertiary/aromatic N) is 2. The van der Waals surface area contributed by atoms with Gasteiger partial charge in [-0.05, 0) is 67.3 Å². The number of benzene rings is 1. The Morgan fingerprint density at radius 2 is 2.13 bits per heavy atom. The molecule has 1 aromatic heterocycles. The van der Waals surface area contributed by atoms with E-state index >= 15 is 0 Å². The molecule has 0 spiro atoms. The van der Waals surface area contributed by atoms with E-state index in [0.717, 1.165) is 24.0 Å². The number of halogens is 2. The highest BCUT2D eigenvalue weighted by Gasteiger charge is 2.09. The van der Waals surface area contributed by atoms with Crippen LogP contribution in [0.4, 0.5) is 20.7 Å². The number of pyridine rings is 1. The molecule has 0 unspecified atom stereocenters. The lowest BCUT2D eigenvalue weighted by atomic mass is 10.0. The van der Waals surface area contributed by atoms with Crippen LogP contribution in [-0.4, -0.2) is 24.1 Å². The van der Waals surface area contributed by atoms with Gasteiger partial charge in [0.25, 0.3) is 0 Å². The number of allylic oxidation sites excluding steroid dienone is 3. The van der Waals surface area contributed by atoms with Gasteiger partial charge < -0.3 is 10.6 Å². The Balaban J connectivity index is 1.47. The van der Waals surface area contributed by atoms with Gasteiger partial charge in [0.15, 0.2) is 0 Å². The number of aromatic nitrogens is 1. The monoisotopic (exact) mass is 425 g/mol. The topological polar surface area (TPSA) is 89.8 Å². The number of nitrogens with one attached hydrogen (secondary N) is 3.